The minimum Gasteiger partial charge on any atom is -0.357 e. The van der Waals surface area contributed by atoms with Gasteiger partial charge in [0.05, 0.1) is 6.04 Å². The molecule has 1 amide bonds. The minimum absolute atomic E-state index is 0.0842. The van der Waals surface area contributed by atoms with E-state index in [4.69, 9.17) is 0 Å². The van der Waals surface area contributed by atoms with Crippen molar-refractivity contribution >= 4 is 11.9 Å². The molecule has 0 fully saturated rings. The van der Waals surface area contributed by atoms with Crippen LogP contribution in [-0.2, 0) is 11.2 Å². The van der Waals surface area contributed by atoms with Gasteiger partial charge in [-0.25, -0.2) is 4.99 Å². The lowest BCUT2D eigenvalue weighted by molar-refractivity contribution is -0.121. The van der Waals surface area contributed by atoms with Gasteiger partial charge in [0.2, 0.25) is 5.91 Å². The summed E-state index contributed by atoms with van der Waals surface area (Å²) in [6.45, 7) is 11.6. The molecule has 1 atom stereocenters. The molecule has 0 radical (unpaired) electrons. The third kappa shape index (κ3) is 8.91. The highest BCUT2D eigenvalue weighted by molar-refractivity contribution is 5.85. The molecule has 6 nitrogen and oxygen atoms in total. The summed E-state index contributed by atoms with van der Waals surface area (Å²) >= 11 is 0. The van der Waals surface area contributed by atoms with Crippen LogP contribution in [-0.4, -0.2) is 56.0 Å². The van der Waals surface area contributed by atoms with Crippen LogP contribution in [0, 0.1) is 0 Å². The molecule has 0 aliphatic rings. The number of nitrogens with zero attached hydrogens (tertiary/aromatic N) is 2. The van der Waals surface area contributed by atoms with E-state index >= 15 is 0 Å². The van der Waals surface area contributed by atoms with Gasteiger partial charge in [0.1, 0.15) is 6.54 Å². The van der Waals surface area contributed by atoms with Gasteiger partial charge in [-0.3, -0.25) is 4.79 Å². The van der Waals surface area contributed by atoms with Crippen molar-refractivity contribution < 1.29 is 4.79 Å². The number of likely N-dealkylation sites (N-methyl/N-ethyl adjacent to an activating group) is 1. The fourth-order valence-corrected chi connectivity index (χ4v) is 2.72. The van der Waals surface area contributed by atoms with Crippen LogP contribution < -0.4 is 16.0 Å². The zero-order valence-corrected chi connectivity index (χ0v) is 18.0. The lowest BCUT2D eigenvalue weighted by Gasteiger charge is -2.26. The lowest BCUT2D eigenvalue weighted by Crippen LogP contribution is -2.44. The Morgan fingerprint density at radius 1 is 1.11 bits per heavy atom. The predicted octanol–water partition coefficient (Wildman–Crippen LogP) is 2.32. The van der Waals surface area contributed by atoms with Crippen molar-refractivity contribution in [2.75, 3.05) is 33.7 Å². The largest absolute Gasteiger partial charge is 0.357 e. The van der Waals surface area contributed by atoms with Gasteiger partial charge in [-0.1, -0.05) is 31.2 Å². The van der Waals surface area contributed by atoms with Crippen LogP contribution >= 0.6 is 0 Å². The van der Waals surface area contributed by atoms with Crippen molar-refractivity contribution in [1.82, 2.24) is 20.9 Å². The number of guanidine groups is 1. The Labute approximate surface area is 164 Å². The van der Waals surface area contributed by atoms with E-state index in [0.29, 0.717) is 12.5 Å². The molecule has 0 saturated heterocycles. The first kappa shape index (κ1) is 23.0. The van der Waals surface area contributed by atoms with Crippen molar-refractivity contribution in [3.05, 3.63) is 35.4 Å². The highest BCUT2D eigenvalue weighted by Gasteiger charge is 2.16. The van der Waals surface area contributed by atoms with Gasteiger partial charge in [0, 0.05) is 18.6 Å². The Hall–Kier alpha value is -2.08. The van der Waals surface area contributed by atoms with E-state index in [0.717, 1.165) is 13.0 Å². The molecule has 0 spiro atoms. The Morgan fingerprint density at radius 3 is 2.22 bits per heavy atom. The molecule has 152 valence electrons. The number of aliphatic imine (C=N–C) groups is 1. The number of carbonyl (C=O) groups is 1. The quantitative estimate of drug-likeness (QED) is 0.482. The van der Waals surface area contributed by atoms with Crippen molar-refractivity contribution in [2.45, 2.75) is 52.6 Å². The second-order valence-corrected chi connectivity index (χ2v) is 7.95. The van der Waals surface area contributed by atoms with Gasteiger partial charge in [-0.15, -0.1) is 0 Å². The van der Waals surface area contributed by atoms with Crippen LogP contribution in [0.5, 0.6) is 0 Å². The Balaban J connectivity index is 2.75. The third-order valence-corrected chi connectivity index (χ3v) is 4.10. The van der Waals surface area contributed by atoms with Gasteiger partial charge >= 0.3 is 0 Å². The molecule has 0 heterocycles. The summed E-state index contributed by atoms with van der Waals surface area (Å²) in [5.41, 5.74) is 2.34. The van der Waals surface area contributed by atoms with E-state index in [1.165, 1.54) is 11.1 Å². The number of hydrogen-bond acceptors (Lipinski definition) is 3. The number of benzene rings is 1. The Kier molecular flexibility index (Phi) is 9.29. The zero-order chi connectivity index (χ0) is 20.4. The van der Waals surface area contributed by atoms with Gasteiger partial charge in [-0.05, 0) is 59.3 Å². The first-order chi connectivity index (χ1) is 12.7. The summed E-state index contributed by atoms with van der Waals surface area (Å²) in [7, 11) is 4.14. The van der Waals surface area contributed by atoms with Crippen molar-refractivity contribution in [2.24, 2.45) is 4.99 Å². The van der Waals surface area contributed by atoms with Crippen LogP contribution in [0.25, 0.3) is 0 Å². The molecule has 1 aromatic rings. The summed E-state index contributed by atoms with van der Waals surface area (Å²) in [4.78, 5) is 18.6. The van der Waals surface area contributed by atoms with E-state index in [1.54, 1.807) is 0 Å². The van der Waals surface area contributed by atoms with Gasteiger partial charge in [0.15, 0.2) is 5.96 Å². The maximum absolute atomic E-state index is 12.0. The van der Waals surface area contributed by atoms with E-state index in [1.807, 2.05) is 27.7 Å². The highest BCUT2D eigenvalue weighted by Crippen LogP contribution is 2.18. The number of hydrogen-bond donors (Lipinski definition) is 3. The molecule has 6 heteroatoms. The summed E-state index contributed by atoms with van der Waals surface area (Å²) in [5.74, 6) is 0.567. The fourth-order valence-electron chi connectivity index (χ4n) is 2.72. The molecule has 0 aliphatic carbocycles. The molecule has 0 bridgehead atoms. The number of carbonyl (C=O) groups excluding carboxylic acids is 1. The second-order valence-electron chi connectivity index (χ2n) is 7.95. The number of nitrogens with one attached hydrogen (secondary N) is 3. The molecule has 0 aromatic heterocycles. The summed E-state index contributed by atoms with van der Waals surface area (Å²) in [5, 5.41) is 9.50. The zero-order valence-electron chi connectivity index (χ0n) is 18.0. The first-order valence-electron chi connectivity index (χ1n) is 9.74. The first-order valence-corrected chi connectivity index (χ1v) is 9.74. The Morgan fingerprint density at radius 2 is 1.74 bits per heavy atom. The number of aryl methyl sites for hydroxylation is 1. The third-order valence-electron chi connectivity index (χ3n) is 4.10. The van der Waals surface area contributed by atoms with Gasteiger partial charge in [-0.2, -0.15) is 0 Å². The molecule has 0 aliphatic heterocycles. The normalized spacial score (nSPS) is 13.4. The SMILES string of the molecule is CCNC(=NCC(=O)NC(C)(C)C)NCC(c1ccc(CC)cc1)N(C)C. The van der Waals surface area contributed by atoms with E-state index in [2.05, 4.69) is 71.1 Å². The number of rotatable bonds is 8. The minimum atomic E-state index is -0.251. The molecule has 1 aromatic carbocycles. The topological polar surface area (TPSA) is 68.8 Å². The predicted molar refractivity (Wildman–Crippen MR) is 114 cm³/mol. The van der Waals surface area contributed by atoms with E-state index in [-0.39, 0.29) is 24.0 Å². The van der Waals surface area contributed by atoms with Crippen LogP contribution in [0.2, 0.25) is 0 Å². The van der Waals surface area contributed by atoms with Crippen molar-refractivity contribution in [3.8, 4) is 0 Å². The molecular weight excluding hydrogens is 338 g/mol. The second kappa shape index (κ2) is 10.9. The van der Waals surface area contributed by atoms with Crippen LogP contribution in [0.4, 0.5) is 0 Å². The molecule has 0 saturated carbocycles. The summed E-state index contributed by atoms with van der Waals surface area (Å²) < 4.78 is 0. The average Bonchev–Trinajstić information content (AvgIpc) is 2.58. The monoisotopic (exact) mass is 375 g/mol. The summed E-state index contributed by atoms with van der Waals surface area (Å²) in [6, 6.07) is 8.95. The molecular formula is C21H37N5O. The maximum Gasteiger partial charge on any atom is 0.242 e. The molecule has 1 unspecified atom stereocenters. The molecule has 1 rings (SSSR count). The van der Waals surface area contributed by atoms with Crippen LogP contribution in [0.1, 0.15) is 51.8 Å². The fraction of sp³-hybridized carbons (Fsp3) is 0.619. The van der Waals surface area contributed by atoms with Crippen molar-refractivity contribution in [3.63, 3.8) is 0 Å². The maximum atomic E-state index is 12.0. The average molecular weight is 376 g/mol. The highest BCUT2D eigenvalue weighted by atomic mass is 16.2. The van der Waals surface area contributed by atoms with Crippen LogP contribution in [0.15, 0.2) is 29.3 Å². The van der Waals surface area contributed by atoms with E-state index < -0.39 is 0 Å². The summed E-state index contributed by atoms with van der Waals surface area (Å²) in [6.07, 6.45) is 1.04. The molecule has 3 N–H and O–H groups in total. The van der Waals surface area contributed by atoms with Crippen LogP contribution in [0.3, 0.4) is 0 Å². The standard InChI is InChI=1S/C21H37N5O/c1-8-16-10-12-17(13-11-16)18(26(6)7)14-23-20(22-9-2)24-15-19(27)25-21(3,4)5/h10-13,18H,8-9,14-15H2,1-7H3,(H,25,27)(H2,22,23,24). The van der Waals surface area contributed by atoms with Gasteiger partial charge < -0.3 is 20.9 Å². The van der Waals surface area contributed by atoms with Crippen molar-refractivity contribution in [1.29, 1.82) is 0 Å². The molecule has 27 heavy (non-hydrogen) atoms. The lowest BCUT2D eigenvalue weighted by atomic mass is 10.0. The number of amides is 1. The smallest absolute Gasteiger partial charge is 0.242 e. The Bertz CT molecular complexity index is 602. The van der Waals surface area contributed by atoms with Gasteiger partial charge in [0.25, 0.3) is 0 Å². The van der Waals surface area contributed by atoms with E-state index in [9.17, 15) is 4.79 Å².